The topological polar surface area (TPSA) is 71.3 Å². The van der Waals surface area contributed by atoms with Crippen molar-refractivity contribution >= 4 is 63.5 Å². The van der Waals surface area contributed by atoms with Gasteiger partial charge in [-0.15, -0.1) is 0 Å². The van der Waals surface area contributed by atoms with Gasteiger partial charge in [-0.2, -0.15) is 5.26 Å². The number of rotatable bonds is 7. The van der Waals surface area contributed by atoms with Crippen molar-refractivity contribution in [2.75, 3.05) is 12.4 Å². The summed E-state index contributed by atoms with van der Waals surface area (Å²) >= 11 is 14.5. The maximum absolute atomic E-state index is 12.5. The number of anilines is 1. The zero-order valence-corrected chi connectivity index (χ0v) is 20.5. The second-order valence-electron chi connectivity index (χ2n) is 6.53. The first-order valence-electron chi connectivity index (χ1n) is 9.33. The molecule has 0 unspecified atom stereocenters. The van der Waals surface area contributed by atoms with E-state index < -0.39 is 5.91 Å². The average molecular weight is 579 g/mol. The predicted molar refractivity (Wildman–Crippen MR) is 135 cm³/mol. The molecule has 0 spiro atoms. The first kappa shape index (κ1) is 23.9. The van der Waals surface area contributed by atoms with E-state index in [-0.39, 0.29) is 12.2 Å². The number of nitrogens with zero attached hydrogens (tertiary/aromatic N) is 1. The minimum absolute atomic E-state index is 0.0394. The summed E-state index contributed by atoms with van der Waals surface area (Å²) in [6, 6.07) is 19.6. The number of nitrogens with one attached hydrogen (secondary N) is 1. The summed E-state index contributed by atoms with van der Waals surface area (Å²) in [5, 5.41) is 13.2. The second-order valence-corrected chi connectivity index (χ2v) is 8.59. The highest BCUT2D eigenvalue weighted by Gasteiger charge is 2.13. The molecule has 0 radical (unpaired) electrons. The number of ether oxygens (including phenoxy) is 2. The van der Waals surface area contributed by atoms with Crippen LogP contribution < -0.4 is 14.8 Å². The van der Waals surface area contributed by atoms with E-state index in [4.69, 9.17) is 32.7 Å². The molecule has 0 aliphatic carbocycles. The highest BCUT2D eigenvalue weighted by molar-refractivity contribution is 14.1. The number of hydrogen-bond donors (Lipinski definition) is 1. The van der Waals surface area contributed by atoms with Crippen molar-refractivity contribution in [1.29, 1.82) is 5.26 Å². The molecule has 1 amide bonds. The van der Waals surface area contributed by atoms with Crippen LogP contribution in [0.2, 0.25) is 10.0 Å². The van der Waals surface area contributed by atoms with E-state index in [1.54, 1.807) is 42.5 Å². The molecule has 0 bridgehead atoms. The maximum Gasteiger partial charge on any atom is 0.266 e. The lowest BCUT2D eigenvalue weighted by molar-refractivity contribution is -0.112. The SMILES string of the molecule is COc1cc(/C=C(\C#N)C(=O)Nc2cccc(I)c2)ccc1OCc1c(Cl)cccc1Cl. The summed E-state index contributed by atoms with van der Waals surface area (Å²) in [6.07, 6.45) is 1.49. The summed E-state index contributed by atoms with van der Waals surface area (Å²) < 4.78 is 12.2. The average Bonchev–Trinajstić information content (AvgIpc) is 2.77. The van der Waals surface area contributed by atoms with Crippen LogP contribution in [0.1, 0.15) is 11.1 Å². The molecule has 8 heteroatoms. The van der Waals surface area contributed by atoms with Crippen LogP contribution in [0.3, 0.4) is 0 Å². The molecule has 0 saturated carbocycles. The van der Waals surface area contributed by atoms with E-state index in [0.29, 0.717) is 38.4 Å². The molecule has 0 atom stereocenters. The lowest BCUT2D eigenvalue weighted by atomic mass is 10.1. The first-order chi connectivity index (χ1) is 15.4. The molecule has 3 aromatic rings. The molecular formula is C24H17Cl2IN2O3. The van der Waals surface area contributed by atoms with Crippen LogP contribution in [0.25, 0.3) is 6.08 Å². The molecule has 0 heterocycles. The van der Waals surface area contributed by atoms with Gasteiger partial charge in [-0.05, 0) is 76.7 Å². The van der Waals surface area contributed by atoms with E-state index in [0.717, 1.165) is 3.57 Å². The monoisotopic (exact) mass is 578 g/mol. The van der Waals surface area contributed by atoms with Crippen LogP contribution in [0.15, 0.2) is 66.2 Å². The molecule has 0 saturated heterocycles. The Hall–Kier alpha value is -2.73. The zero-order valence-electron chi connectivity index (χ0n) is 16.9. The normalized spacial score (nSPS) is 10.9. The smallest absolute Gasteiger partial charge is 0.266 e. The number of nitriles is 1. The summed E-state index contributed by atoms with van der Waals surface area (Å²) in [5.41, 5.74) is 1.85. The molecule has 0 fully saturated rings. The Balaban J connectivity index is 1.78. The quantitative estimate of drug-likeness (QED) is 0.192. The van der Waals surface area contributed by atoms with Gasteiger partial charge >= 0.3 is 0 Å². The molecule has 3 rings (SSSR count). The van der Waals surface area contributed by atoms with E-state index in [1.165, 1.54) is 13.2 Å². The van der Waals surface area contributed by atoms with Crippen molar-refractivity contribution in [2.45, 2.75) is 6.61 Å². The molecule has 32 heavy (non-hydrogen) atoms. The van der Waals surface area contributed by atoms with E-state index in [1.807, 2.05) is 24.3 Å². The molecule has 0 aliphatic heterocycles. The van der Waals surface area contributed by atoms with Gasteiger partial charge in [-0.25, -0.2) is 0 Å². The first-order valence-corrected chi connectivity index (χ1v) is 11.2. The summed E-state index contributed by atoms with van der Waals surface area (Å²) in [6.45, 7) is 0.159. The van der Waals surface area contributed by atoms with Crippen molar-refractivity contribution < 1.29 is 14.3 Å². The highest BCUT2D eigenvalue weighted by Crippen LogP contribution is 2.32. The van der Waals surface area contributed by atoms with Crippen LogP contribution in [0, 0.1) is 14.9 Å². The lowest BCUT2D eigenvalue weighted by Crippen LogP contribution is -2.13. The predicted octanol–water partition coefficient (Wildman–Crippen LogP) is 6.73. The minimum Gasteiger partial charge on any atom is -0.493 e. The maximum atomic E-state index is 12.5. The van der Waals surface area contributed by atoms with Crippen molar-refractivity contribution in [3.05, 3.63) is 91.0 Å². The Morgan fingerprint density at radius 2 is 1.81 bits per heavy atom. The summed E-state index contributed by atoms with van der Waals surface area (Å²) in [7, 11) is 1.51. The zero-order chi connectivity index (χ0) is 23.1. The van der Waals surface area contributed by atoms with Gasteiger partial charge in [0.2, 0.25) is 0 Å². The van der Waals surface area contributed by atoms with Crippen LogP contribution >= 0.6 is 45.8 Å². The van der Waals surface area contributed by atoms with Gasteiger partial charge in [0.05, 0.1) is 7.11 Å². The number of halogens is 3. The van der Waals surface area contributed by atoms with Crippen LogP contribution in [0.5, 0.6) is 11.5 Å². The molecular weight excluding hydrogens is 562 g/mol. The van der Waals surface area contributed by atoms with E-state index in [9.17, 15) is 10.1 Å². The van der Waals surface area contributed by atoms with Gasteiger partial charge < -0.3 is 14.8 Å². The Kier molecular flexibility index (Phi) is 8.39. The third-order valence-electron chi connectivity index (χ3n) is 4.38. The fourth-order valence-corrected chi connectivity index (χ4v) is 3.84. The third kappa shape index (κ3) is 6.16. The van der Waals surface area contributed by atoms with Crippen LogP contribution in [0.4, 0.5) is 5.69 Å². The van der Waals surface area contributed by atoms with Crippen molar-refractivity contribution in [3.63, 3.8) is 0 Å². The molecule has 5 nitrogen and oxygen atoms in total. The molecule has 0 aliphatic rings. The number of amides is 1. The minimum atomic E-state index is -0.498. The second kappa shape index (κ2) is 11.2. The standard InChI is InChI=1S/C24H17Cl2IN2O3/c1-31-23-11-15(8-9-22(23)32-14-19-20(25)6-3-7-21(19)26)10-16(13-28)24(30)29-18-5-2-4-17(27)12-18/h2-12H,14H2,1H3,(H,29,30)/b16-10+. The Morgan fingerprint density at radius 1 is 1.09 bits per heavy atom. The van der Waals surface area contributed by atoms with Crippen molar-refractivity contribution in [2.24, 2.45) is 0 Å². The van der Waals surface area contributed by atoms with Gasteiger partial charge in [0.25, 0.3) is 5.91 Å². The number of carbonyl (C=O) groups excluding carboxylic acids is 1. The van der Waals surface area contributed by atoms with Gasteiger partial charge in [0.1, 0.15) is 18.2 Å². The molecule has 0 aromatic heterocycles. The van der Waals surface area contributed by atoms with Crippen molar-refractivity contribution in [1.82, 2.24) is 0 Å². The van der Waals surface area contributed by atoms with Gasteiger partial charge in [-0.1, -0.05) is 41.4 Å². The number of hydrogen-bond acceptors (Lipinski definition) is 4. The Morgan fingerprint density at radius 3 is 2.47 bits per heavy atom. The van der Waals surface area contributed by atoms with Crippen LogP contribution in [-0.2, 0) is 11.4 Å². The van der Waals surface area contributed by atoms with Crippen LogP contribution in [-0.4, -0.2) is 13.0 Å². The fourth-order valence-electron chi connectivity index (χ4n) is 2.79. The summed E-state index contributed by atoms with van der Waals surface area (Å²) in [5.74, 6) is 0.418. The molecule has 162 valence electrons. The van der Waals surface area contributed by atoms with Gasteiger partial charge in [-0.3, -0.25) is 4.79 Å². The number of benzene rings is 3. The molecule has 1 N–H and O–H groups in total. The fraction of sp³-hybridized carbons (Fsp3) is 0.0833. The Labute approximate surface area is 209 Å². The van der Waals surface area contributed by atoms with Gasteiger partial charge in [0.15, 0.2) is 11.5 Å². The lowest BCUT2D eigenvalue weighted by Gasteiger charge is -2.13. The molecule has 3 aromatic carbocycles. The number of carbonyl (C=O) groups is 1. The summed E-state index contributed by atoms with van der Waals surface area (Å²) in [4.78, 5) is 12.5. The number of methoxy groups -OCH3 is 1. The van der Waals surface area contributed by atoms with E-state index >= 15 is 0 Å². The third-order valence-corrected chi connectivity index (χ3v) is 5.76. The largest absolute Gasteiger partial charge is 0.493 e. The highest BCUT2D eigenvalue weighted by atomic mass is 127. The van der Waals surface area contributed by atoms with E-state index in [2.05, 4.69) is 27.9 Å². The van der Waals surface area contributed by atoms with Crippen molar-refractivity contribution in [3.8, 4) is 17.6 Å². The Bertz CT molecular complexity index is 1200. The van der Waals surface area contributed by atoms with Gasteiger partial charge in [0, 0.05) is 24.9 Å².